The predicted molar refractivity (Wildman–Crippen MR) is 82.1 cm³/mol. The van der Waals surface area contributed by atoms with E-state index >= 15 is 0 Å². The Balaban J connectivity index is 4.15. The van der Waals surface area contributed by atoms with Gasteiger partial charge < -0.3 is 0 Å². The van der Waals surface area contributed by atoms with Crippen molar-refractivity contribution in [2.75, 3.05) is 17.3 Å². The molecule has 0 radical (unpaired) electrons. The molecule has 0 N–H and O–H groups in total. The zero-order valence-electron chi connectivity index (χ0n) is 10.7. The van der Waals surface area contributed by atoms with Gasteiger partial charge in [-0.1, -0.05) is 51.5 Å². The summed E-state index contributed by atoms with van der Waals surface area (Å²) in [5.74, 6) is 1.06. The van der Waals surface area contributed by atoms with Crippen LogP contribution in [-0.4, -0.2) is 25.7 Å². The first-order valence-electron chi connectivity index (χ1n) is 5.16. The average Bonchev–Trinajstić information content (AvgIpc) is 2.08. The number of hydrogen-bond donors (Lipinski definition) is 0. The summed E-state index contributed by atoms with van der Waals surface area (Å²) in [7, 11) is 0.173. The molecule has 0 spiro atoms. The fraction of sp³-hybridized carbons (Fsp3) is 0.500. The van der Waals surface area contributed by atoms with E-state index in [4.69, 9.17) is 0 Å². The summed E-state index contributed by atoms with van der Waals surface area (Å²) in [6.07, 6.45) is 0. The Morgan fingerprint density at radius 2 is 1.71 bits per heavy atom. The molecule has 0 aliphatic carbocycles. The fourth-order valence-electron chi connectivity index (χ4n) is 1.06. The van der Waals surface area contributed by atoms with Crippen molar-refractivity contribution in [1.29, 1.82) is 0 Å². The van der Waals surface area contributed by atoms with Crippen LogP contribution in [0.25, 0.3) is 0 Å². The Morgan fingerprint density at radius 3 is 2.18 bits per heavy atom. The molecule has 2 nitrogen and oxygen atoms in total. The SMILES string of the molecule is C=C(C)CSS/C=C(/C)CS(=O)(=O)CC(=C)C. The van der Waals surface area contributed by atoms with Crippen LogP contribution < -0.4 is 0 Å². The Hall–Kier alpha value is -0.130. The molecule has 5 heteroatoms. The van der Waals surface area contributed by atoms with Crippen molar-refractivity contribution in [2.24, 2.45) is 0 Å². The molecule has 0 aromatic carbocycles. The lowest BCUT2D eigenvalue weighted by atomic mass is 10.4. The fourth-order valence-corrected chi connectivity index (χ4v) is 4.88. The minimum absolute atomic E-state index is 0.0712. The molecule has 0 fully saturated rings. The summed E-state index contributed by atoms with van der Waals surface area (Å²) >= 11 is 0. The molecule has 0 atom stereocenters. The van der Waals surface area contributed by atoms with Crippen LogP contribution in [0.3, 0.4) is 0 Å². The van der Waals surface area contributed by atoms with E-state index < -0.39 is 9.84 Å². The molecule has 0 saturated carbocycles. The molecule has 0 heterocycles. The van der Waals surface area contributed by atoms with Crippen LogP contribution in [0.1, 0.15) is 20.8 Å². The Labute approximate surface area is 113 Å². The quantitative estimate of drug-likeness (QED) is 0.387. The molecule has 17 heavy (non-hydrogen) atoms. The summed E-state index contributed by atoms with van der Waals surface area (Å²) in [5, 5.41) is 1.89. The van der Waals surface area contributed by atoms with E-state index in [0.29, 0.717) is 5.57 Å². The third-order valence-electron chi connectivity index (χ3n) is 1.54. The molecule has 0 amide bonds. The molecule has 98 valence electrons. The molecule has 0 rings (SSSR count). The van der Waals surface area contributed by atoms with E-state index in [1.807, 2.05) is 19.3 Å². The van der Waals surface area contributed by atoms with Crippen LogP contribution in [0.5, 0.6) is 0 Å². The largest absolute Gasteiger partial charge is 0.228 e. The van der Waals surface area contributed by atoms with Crippen molar-refractivity contribution in [1.82, 2.24) is 0 Å². The van der Waals surface area contributed by atoms with Gasteiger partial charge in [0.15, 0.2) is 9.84 Å². The molecule has 0 aromatic heterocycles. The van der Waals surface area contributed by atoms with Gasteiger partial charge >= 0.3 is 0 Å². The average molecular weight is 292 g/mol. The van der Waals surface area contributed by atoms with Crippen molar-refractivity contribution >= 4 is 31.4 Å². The van der Waals surface area contributed by atoms with Gasteiger partial charge in [-0.2, -0.15) is 0 Å². The predicted octanol–water partition coefficient (Wildman–Crippen LogP) is 3.84. The molecule has 0 aromatic rings. The number of hydrogen-bond acceptors (Lipinski definition) is 4. The lowest BCUT2D eigenvalue weighted by Gasteiger charge is -2.04. The summed E-state index contributed by atoms with van der Waals surface area (Å²) in [6.45, 7) is 13.0. The molecule has 0 aliphatic rings. The normalized spacial score (nSPS) is 12.5. The van der Waals surface area contributed by atoms with Gasteiger partial charge in [-0.15, -0.1) is 0 Å². The van der Waals surface area contributed by atoms with Crippen molar-refractivity contribution in [3.05, 3.63) is 35.3 Å². The molecule has 0 saturated heterocycles. The van der Waals surface area contributed by atoms with E-state index in [-0.39, 0.29) is 11.5 Å². The van der Waals surface area contributed by atoms with Gasteiger partial charge in [0, 0.05) is 5.75 Å². The standard InChI is InChI=1S/C12H20O2S3/c1-10(2)6-15-16-7-12(5)9-17(13,14)8-11(3)4/h7H,1,3,6,8-9H2,2,4-5H3/b12-7-. The Kier molecular flexibility index (Phi) is 8.00. The van der Waals surface area contributed by atoms with Crippen molar-refractivity contribution in [2.45, 2.75) is 20.8 Å². The molecular formula is C12H20O2S3. The van der Waals surface area contributed by atoms with Gasteiger partial charge in [0.2, 0.25) is 0 Å². The lowest BCUT2D eigenvalue weighted by Crippen LogP contribution is -2.12. The second-order valence-corrected chi connectivity index (χ2v) is 8.57. The van der Waals surface area contributed by atoms with Gasteiger partial charge in [0.05, 0.1) is 11.5 Å². The van der Waals surface area contributed by atoms with Crippen molar-refractivity contribution in [3.8, 4) is 0 Å². The summed E-state index contributed by atoms with van der Waals surface area (Å²) in [4.78, 5) is 0. The molecule has 0 aliphatic heterocycles. The van der Waals surface area contributed by atoms with Crippen LogP contribution in [-0.2, 0) is 9.84 Å². The Morgan fingerprint density at radius 1 is 1.12 bits per heavy atom. The first-order valence-corrected chi connectivity index (χ1v) is 9.36. The van der Waals surface area contributed by atoms with Crippen LogP contribution in [0, 0.1) is 0 Å². The van der Waals surface area contributed by atoms with E-state index in [9.17, 15) is 8.42 Å². The van der Waals surface area contributed by atoms with Crippen molar-refractivity contribution in [3.63, 3.8) is 0 Å². The van der Waals surface area contributed by atoms with Gasteiger partial charge in [0.1, 0.15) is 0 Å². The highest BCUT2D eigenvalue weighted by molar-refractivity contribution is 8.77. The minimum Gasteiger partial charge on any atom is -0.228 e. The second-order valence-electron chi connectivity index (χ2n) is 4.27. The maximum atomic E-state index is 11.7. The summed E-state index contributed by atoms with van der Waals surface area (Å²) in [6, 6.07) is 0. The summed E-state index contributed by atoms with van der Waals surface area (Å²) in [5.41, 5.74) is 2.66. The van der Waals surface area contributed by atoms with Crippen LogP contribution in [0.4, 0.5) is 0 Å². The van der Waals surface area contributed by atoms with Gasteiger partial charge in [-0.3, -0.25) is 0 Å². The first kappa shape index (κ1) is 16.9. The summed E-state index contributed by atoms with van der Waals surface area (Å²) < 4.78 is 23.3. The molecule has 0 unspecified atom stereocenters. The maximum absolute atomic E-state index is 11.7. The lowest BCUT2D eigenvalue weighted by molar-refractivity contribution is 0.600. The second kappa shape index (κ2) is 8.06. The minimum atomic E-state index is -3.04. The zero-order chi connectivity index (χ0) is 13.5. The highest BCUT2D eigenvalue weighted by Crippen LogP contribution is 2.26. The van der Waals surface area contributed by atoms with Crippen LogP contribution >= 0.6 is 21.6 Å². The third kappa shape index (κ3) is 10.7. The number of sulfone groups is 1. The topological polar surface area (TPSA) is 34.1 Å². The smallest absolute Gasteiger partial charge is 0.157 e. The van der Waals surface area contributed by atoms with E-state index in [0.717, 1.165) is 16.9 Å². The van der Waals surface area contributed by atoms with E-state index in [1.165, 1.54) is 0 Å². The van der Waals surface area contributed by atoms with Gasteiger partial charge in [0.25, 0.3) is 0 Å². The monoisotopic (exact) mass is 292 g/mol. The number of rotatable bonds is 8. The zero-order valence-corrected chi connectivity index (χ0v) is 13.1. The van der Waals surface area contributed by atoms with Gasteiger partial charge in [-0.25, -0.2) is 8.42 Å². The Bertz CT molecular complexity index is 405. The third-order valence-corrected chi connectivity index (χ3v) is 5.66. The maximum Gasteiger partial charge on any atom is 0.157 e. The highest BCUT2D eigenvalue weighted by atomic mass is 33.1. The van der Waals surface area contributed by atoms with E-state index in [1.54, 1.807) is 28.5 Å². The van der Waals surface area contributed by atoms with Crippen LogP contribution in [0.2, 0.25) is 0 Å². The van der Waals surface area contributed by atoms with Crippen LogP contribution in [0.15, 0.2) is 35.3 Å². The highest BCUT2D eigenvalue weighted by Gasteiger charge is 2.11. The van der Waals surface area contributed by atoms with E-state index in [2.05, 4.69) is 13.2 Å². The van der Waals surface area contributed by atoms with Gasteiger partial charge in [-0.05, 0) is 26.2 Å². The first-order chi connectivity index (χ1) is 7.73. The molecule has 0 bridgehead atoms. The van der Waals surface area contributed by atoms with Crippen molar-refractivity contribution < 1.29 is 8.42 Å². The molecular weight excluding hydrogens is 272 g/mol.